The number of rotatable bonds is 11. The fraction of sp³-hybridized carbons (Fsp3) is 0.400. The maximum Gasteiger partial charge on any atom is 0.315 e. The van der Waals surface area contributed by atoms with Gasteiger partial charge in [0.2, 0.25) is 12.3 Å². The summed E-state index contributed by atoms with van der Waals surface area (Å²) in [5.74, 6) is -0.633. The van der Waals surface area contributed by atoms with Crippen molar-refractivity contribution in [2.75, 3.05) is 23.7 Å². The monoisotopic (exact) mass is 514 g/mol. The number of hydrogen-bond donors (Lipinski definition) is 6. The van der Waals surface area contributed by atoms with Gasteiger partial charge in [-0.05, 0) is 48.2 Å². The van der Waals surface area contributed by atoms with Gasteiger partial charge in [0, 0.05) is 36.2 Å². The predicted molar refractivity (Wildman–Crippen MR) is 137 cm³/mol. The Labute approximate surface area is 213 Å². The van der Waals surface area contributed by atoms with Crippen molar-refractivity contribution in [2.45, 2.75) is 43.0 Å². The van der Waals surface area contributed by atoms with E-state index in [1.165, 1.54) is 17.0 Å². The molecule has 2 aliphatic heterocycles. The van der Waals surface area contributed by atoms with Crippen molar-refractivity contribution in [3.05, 3.63) is 36.4 Å². The molecule has 2 aromatic rings. The summed E-state index contributed by atoms with van der Waals surface area (Å²) in [5, 5.41) is 38.2. The number of thioether (sulfide) groups is 1. The van der Waals surface area contributed by atoms with Gasteiger partial charge in [-0.2, -0.15) is 11.8 Å². The molecular weight excluding hydrogens is 484 g/mol. The first-order valence-corrected chi connectivity index (χ1v) is 12.9. The molecule has 2 saturated heterocycles. The first-order valence-electron chi connectivity index (χ1n) is 11.9. The van der Waals surface area contributed by atoms with Crippen LogP contribution in [0.15, 0.2) is 36.4 Å². The Morgan fingerprint density at radius 2 is 1.89 bits per heavy atom. The van der Waals surface area contributed by atoms with E-state index >= 15 is 0 Å². The average Bonchev–Trinajstić information content (AvgIpc) is 3.42. The predicted octanol–water partition coefficient (Wildman–Crippen LogP) is 2.28. The van der Waals surface area contributed by atoms with Gasteiger partial charge in [-0.1, -0.05) is 18.6 Å². The highest BCUT2D eigenvalue weighted by molar-refractivity contribution is 8.00. The quantitative estimate of drug-likeness (QED) is 0.116. The van der Waals surface area contributed by atoms with Crippen LogP contribution in [0.2, 0.25) is 0 Å². The van der Waals surface area contributed by atoms with Crippen molar-refractivity contribution in [1.29, 1.82) is 0 Å². The normalized spacial score (nSPS) is 20.3. The van der Waals surface area contributed by atoms with Crippen molar-refractivity contribution in [3.8, 4) is 28.4 Å². The second kappa shape index (κ2) is 11.4. The third kappa shape index (κ3) is 5.96. The zero-order chi connectivity index (χ0) is 25.7. The third-order valence-electron chi connectivity index (χ3n) is 6.46. The molecule has 192 valence electrons. The molecule has 0 aromatic heterocycles. The van der Waals surface area contributed by atoms with Gasteiger partial charge in [0.25, 0.3) is 0 Å². The Morgan fingerprint density at radius 1 is 1.11 bits per heavy atom. The highest BCUT2D eigenvalue weighted by Crippen LogP contribution is 2.39. The van der Waals surface area contributed by atoms with E-state index in [0.29, 0.717) is 41.4 Å². The summed E-state index contributed by atoms with van der Waals surface area (Å²) >= 11 is 1.86. The Hall–Kier alpha value is -3.60. The highest BCUT2D eigenvalue weighted by atomic mass is 32.2. The number of amides is 4. The van der Waals surface area contributed by atoms with Crippen LogP contribution < -0.4 is 20.9 Å². The zero-order valence-electron chi connectivity index (χ0n) is 19.6. The van der Waals surface area contributed by atoms with Gasteiger partial charge in [-0.3, -0.25) is 9.59 Å². The number of aromatic hydroxyl groups is 3. The molecule has 0 bridgehead atoms. The SMILES string of the molecule is O=CN(CCNC(=O)CCCC[C@@H]1SC[C@@H]2NC(=O)N[C@@H]21)c1cccc(-c2cc(O)c(O)c(O)c2)c1. The number of carbonyl (C=O) groups excluding carboxylic acids is 3. The van der Waals surface area contributed by atoms with Crippen LogP contribution in [0.4, 0.5) is 10.5 Å². The maximum atomic E-state index is 12.2. The second-order valence-corrected chi connectivity index (χ2v) is 10.2. The van der Waals surface area contributed by atoms with Crippen LogP contribution in [0.25, 0.3) is 11.1 Å². The first kappa shape index (κ1) is 25.5. The minimum atomic E-state index is -0.592. The molecule has 10 nitrogen and oxygen atoms in total. The van der Waals surface area contributed by atoms with Gasteiger partial charge >= 0.3 is 6.03 Å². The number of urea groups is 1. The number of unbranched alkanes of at least 4 members (excludes halogenated alkanes) is 1. The standard InChI is InChI=1S/C25H30N4O6S/c30-14-29(17-5-3-4-15(10-17)16-11-19(31)24(34)20(32)12-16)9-8-26-22(33)7-2-1-6-21-23-18(13-36-21)27-25(35)28-23/h3-5,10-12,14,18,21,23,31-32,34H,1-2,6-9,13H2,(H,26,33)(H2,27,28,35)/t18-,21-,23-/m0/s1. The lowest BCUT2D eigenvalue weighted by Crippen LogP contribution is -2.36. The summed E-state index contributed by atoms with van der Waals surface area (Å²) < 4.78 is 0. The van der Waals surface area contributed by atoms with E-state index in [-0.39, 0.29) is 30.6 Å². The van der Waals surface area contributed by atoms with E-state index in [4.69, 9.17) is 0 Å². The Morgan fingerprint density at radius 3 is 2.64 bits per heavy atom. The average molecular weight is 515 g/mol. The Bertz CT molecular complexity index is 1110. The molecule has 4 rings (SSSR count). The smallest absolute Gasteiger partial charge is 0.315 e. The van der Waals surface area contributed by atoms with Crippen molar-refractivity contribution in [2.24, 2.45) is 0 Å². The van der Waals surface area contributed by atoms with Gasteiger partial charge in [0.05, 0.1) is 12.1 Å². The van der Waals surface area contributed by atoms with E-state index in [0.717, 1.165) is 25.0 Å². The molecule has 0 spiro atoms. The Balaban J connectivity index is 1.21. The number of phenolic OH excluding ortho intramolecular Hbond substituents is 3. The molecule has 2 aliphatic rings. The van der Waals surface area contributed by atoms with Crippen LogP contribution in [0.5, 0.6) is 17.2 Å². The summed E-state index contributed by atoms with van der Waals surface area (Å²) in [6.07, 6.45) is 3.70. The number of carbonyl (C=O) groups is 3. The van der Waals surface area contributed by atoms with Gasteiger partial charge in [-0.25, -0.2) is 4.79 Å². The molecule has 0 unspecified atom stereocenters. The molecule has 0 aliphatic carbocycles. The number of nitrogens with zero attached hydrogens (tertiary/aromatic N) is 1. The summed E-state index contributed by atoms with van der Waals surface area (Å²) in [5.41, 5.74) is 1.69. The number of benzene rings is 2. The van der Waals surface area contributed by atoms with Crippen molar-refractivity contribution >= 4 is 35.8 Å². The number of anilines is 1. The fourth-order valence-electron chi connectivity index (χ4n) is 4.56. The summed E-state index contributed by atoms with van der Waals surface area (Å²) in [7, 11) is 0. The molecule has 11 heteroatoms. The second-order valence-electron chi connectivity index (χ2n) is 8.93. The van der Waals surface area contributed by atoms with Crippen LogP contribution in [0.3, 0.4) is 0 Å². The summed E-state index contributed by atoms with van der Waals surface area (Å²) in [6.45, 7) is 0.571. The molecule has 2 aromatic carbocycles. The van der Waals surface area contributed by atoms with Gasteiger partial charge in [-0.15, -0.1) is 0 Å². The van der Waals surface area contributed by atoms with Crippen molar-refractivity contribution in [1.82, 2.24) is 16.0 Å². The van der Waals surface area contributed by atoms with Crippen molar-refractivity contribution in [3.63, 3.8) is 0 Å². The number of fused-ring (bicyclic) bond motifs is 1. The van der Waals surface area contributed by atoms with Crippen LogP contribution >= 0.6 is 11.8 Å². The van der Waals surface area contributed by atoms with Crippen LogP contribution in [-0.4, -0.2) is 69.8 Å². The fourth-order valence-corrected chi connectivity index (χ4v) is 6.10. The first-order chi connectivity index (χ1) is 17.4. The third-order valence-corrected chi connectivity index (χ3v) is 7.97. The molecule has 2 fully saturated rings. The van der Waals surface area contributed by atoms with Gasteiger partial charge in [0.1, 0.15) is 0 Å². The Kier molecular flexibility index (Phi) is 8.09. The van der Waals surface area contributed by atoms with Crippen LogP contribution in [0.1, 0.15) is 25.7 Å². The topological polar surface area (TPSA) is 151 Å². The van der Waals surface area contributed by atoms with Gasteiger partial charge < -0.3 is 36.2 Å². The van der Waals surface area contributed by atoms with Crippen LogP contribution in [0, 0.1) is 0 Å². The highest BCUT2D eigenvalue weighted by Gasteiger charge is 2.42. The molecule has 0 radical (unpaired) electrons. The van der Waals surface area contributed by atoms with E-state index in [9.17, 15) is 29.7 Å². The van der Waals surface area contributed by atoms with Crippen molar-refractivity contribution < 1.29 is 29.7 Å². The molecular formula is C25H30N4O6S. The van der Waals surface area contributed by atoms with Crippen LogP contribution in [-0.2, 0) is 9.59 Å². The minimum Gasteiger partial charge on any atom is -0.504 e. The molecule has 36 heavy (non-hydrogen) atoms. The number of phenols is 3. The lowest BCUT2D eigenvalue weighted by molar-refractivity contribution is -0.121. The number of hydrogen-bond acceptors (Lipinski definition) is 7. The summed E-state index contributed by atoms with van der Waals surface area (Å²) in [6, 6.07) is 9.88. The van der Waals surface area contributed by atoms with E-state index in [1.807, 2.05) is 11.8 Å². The molecule has 6 N–H and O–H groups in total. The number of nitrogens with one attached hydrogen (secondary N) is 3. The van der Waals surface area contributed by atoms with E-state index < -0.39 is 17.2 Å². The lowest BCUT2D eigenvalue weighted by atomic mass is 10.0. The molecule has 4 amide bonds. The summed E-state index contributed by atoms with van der Waals surface area (Å²) in [4.78, 5) is 36.9. The molecule has 0 saturated carbocycles. The van der Waals surface area contributed by atoms with E-state index in [2.05, 4.69) is 16.0 Å². The zero-order valence-corrected chi connectivity index (χ0v) is 20.5. The minimum absolute atomic E-state index is 0.0718. The lowest BCUT2D eigenvalue weighted by Gasteiger charge is -2.19. The molecule has 2 heterocycles. The van der Waals surface area contributed by atoms with E-state index in [1.54, 1.807) is 24.3 Å². The maximum absolute atomic E-state index is 12.2. The molecule has 3 atom stereocenters. The van der Waals surface area contributed by atoms with Gasteiger partial charge in [0.15, 0.2) is 17.2 Å². The largest absolute Gasteiger partial charge is 0.504 e.